The lowest BCUT2D eigenvalue weighted by molar-refractivity contribution is 0.597. The van der Waals surface area contributed by atoms with E-state index in [1.54, 1.807) is 30.3 Å². The van der Waals surface area contributed by atoms with E-state index in [0.717, 1.165) is 24.0 Å². The van der Waals surface area contributed by atoms with E-state index in [2.05, 4.69) is 6.58 Å². The maximum atomic E-state index is 12.3. The zero-order valence-electron chi connectivity index (χ0n) is 11.8. The third-order valence-electron chi connectivity index (χ3n) is 2.90. The molecule has 0 saturated heterocycles. The summed E-state index contributed by atoms with van der Waals surface area (Å²) in [6, 6.07) is 8.53. The first-order valence-electron chi connectivity index (χ1n) is 6.62. The second-order valence-corrected chi connectivity index (χ2v) is 7.24. The van der Waals surface area contributed by atoms with Crippen molar-refractivity contribution in [2.24, 2.45) is 0 Å². The summed E-state index contributed by atoms with van der Waals surface area (Å²) in [5.74, 6) is 0.475. The number of alkyl halides is 1. The van der Waals surface area contributed by atoms with Gasteiger partial charge < -0.3 is 0 Å². The van der Waals surface area contributed by atoms with Crippen LogP contribution in [-0.4, -0.2) is 20.1 Å². The van der Waals surface area contributed by atoms with E-state index in [9.17, 15) is 8.42 Å². The Morgan fingerprint density at radius 1 is 1.25 bits per heavy atom. The average Bonchev–Trinajstić information content (AvgIpc) is 2.39. The molecular formula is C16H21ClO2S. The van der Waals surface area contributed by atoms with E-state index in [1.807, 2.05) is 13.0 Å². The topological polar surface area (TPSA) is 34.1 Å². The fourth-order valence-electron chi connectivity index (χ4n) is 1.83. The summed E-state index contributed by atoms with van der Waals surface area (Å²) >= 11 is 5.76. The van der Waals surface area contributed by atoms with E-state index < -0.39 is 9.84 Å². The molecule has 1 rings (SSSR count). The third kappa shape index (κ3) is 5.93. The minimum absolute atomic E-state index is 0.0416. The summed E-state index contributed by atoms with van der Waals surface area (Å²) < 4.78 is 24.6. The summed E-state index contributed by atoms with van der Waals surface area (Å²) in [6.45, 7) is 5.81. The molecular weight excluding hydrogens is 292 g/mol. The van der Waals surface area contributed by atoms with Crippen LogP contribution in [0, 0.1) is 0 Å². The first-order valence-corrected chi connectivity index (χ1v) is 8.80. The molecule has 2 nitrogen and oxygen atoms in total. The molecule has 0 aliphatic carbocycles. The average molecular weight is 313 g/mol. The number of benzene rings is 1. The van der Waals surface area contributed by atoms with Gasteiger partial charge in [0.2, 0.25) is 0 Å². The van der Waals surface area contributed by atoms with Crippen LogP contribution < -0.4 is 0 Å². The molecule has 110 valence electrons. The largest absolute Gasteiger partial charge is 0.223 e. The highest BCUT2D eigenvalue weighted by atomic mass is 35.5. The summed E-state index contributed by atoms with van der Waals surface area (Å²) in [6.07, 6.45) is 4.27. The third-order valence-corrected chi connectivity index (χ3v) is 4.83. The van der Waals surface area contributed by atoms with E-state index in [-0.39, 0.29) is 5.75 Å². The Balaban J connectivity index is 2.82. The Bertz CT molecular complexity index is 559. The molecule has 0 unspecified atom stereocenters. The van der Waals surface area contributed by atoms with Gasteiger partial charge in [0.25, 0.3) is 0 Å². The van der Waals surface area contributed by atoms with Gasteiger partial charge in [-0.25, -0.2) is 8.42 Å². The molecule has 0 aliphatic rings. The molecule has 0 saturated carbocycles. The van der Waals surface area contributed by atoms with Crippen molar-refractivity contribution >= 4 is 21.4 Å². The number of hydrogen-bond acceptors (Lipinski definition) is 2. The Hall–Kier alpha value is -1.06. The molecule has 0 aromatic heterocycles. The lowest BCUT2D eigenvalue weighted by atomic mass is 10.1. The van der Waals surface area contributed by atoms with E-state index in [0.29, 0.717) is 17.2 Å². The van der Waals surface area contributed by atoms with Crippen LogP contribution in [0.25, 0.3) is 0 Å². The van der Waals surface area contributed by atoms with Crippen LogP contribution in [0.4, 0.5) is 0 Å². The van der Waals surface area contributed by atoms with Crippen molar-refractivity contribution in [2.45, 2.75) is 31.1 Å². The van der Waals surface area contributed by atoms with Crippen molar-refractivity contribution in [3.63, 3.8) is 0 Å². The van der Waals surface area contributed by atoms with Crippen LogP contribution >= 0.6 is 11.6 Å². The number of allylic oxidation sites excluding steroid dienone is 2. The van der Waals surface area contributed by atoms with Crippen molar-refractivity contribution in [3.05, 3.63) is 54.1 Å². The van der Waals surface area contributed by atoms with Crippen LogP contribution in [0.2, 0.25) is 0 Å². The quantitative estimate of drug-likeness (QED) is 0.527. The van der Waals surface area contributed by atoms with Crippen LogP contribution in [-0.2, 0) is 9.84 Å². The summed E-state index contributed by atoms with van der Waals surface area (Å²) in [5.41, 5.74) is 1.97. The van der Waals surface area contributed by atoms with Crippen LogP contribution in [0.5, 0.6) is 0 Å². The van der Waals surface area contributed by atoms with Crippen LogP contribution in [0.3, 0.4) is 0 Å². The van der Waals surface area contributed by atoms with Gasteiger partial charge in [-0.1, -0.05) is 35.4 Å². The molecule has 0 atom stereocenters. The highest BCUT2D eigenvalue weighted by Gasteiger charge is 2.15. The van der Waals surface area contributed by atoms with Crippen molar-refractivity contribution < 1.29 is 8.42 Å². The molecule has 0 N–H and O–H groups in total. The zero-order chi connectivity index (χ0) is 15.0. The Labute approximate surface area is 127 Å². The highest BCUT2D eigenvalue weighted by molar-refractivity contribution is 7.91. The van der Waals surface area contributed by atoms with Crippen LogP contribution in [0.15, 0.2) is 59.0 Å². The number of rotatable bonds is 8. The molecule has 0 fully saturated rings. The molecule has 0 amide bonds. The first kappa shape index (κ1) is 17.0. The van der Waals surface area contributed by atoms with Gasteiger partial charge in [-0.3, -0.25) is 0 Å². The van der Waals surface area contributed by atoms with Gasteiger partial charge in [0.05, 0.1) is 10.6 Å². The Morgan fingerprint density at radius 2 is 1.90 bits per heavy atom. The monoisotopic (exact) mass is 312 g/mol. The minimum atomic E-state index is -3.28. The van der Waals surface area contributed by atoms with Gasteiger partial charge in [0.1, 0.15) is 0 Å². The molecule has 1 aromatic rings. The molecule has 1 aromatic carbocycles. The molecule has 20 heavy (non-hydrogen) atoms. The summed E-state index contributed by atoms with van der Waals surface area (Å²) in [4.78, 5) is 0.361. The number of halogens is 1. The highest BCUT2D eigenvalue weighted by Crippen LogP contribution is 2.17. The fraction of sp³-hybridized carbons (Fsp3) is 0.375. The fourth-order valence-corrected chi connectivity index (χ4v) is 3.56. The molecule has 0 aliphatic heterocycles. The minimum Gasteiger partial charge on any atom is -0.223 e. The molecule has 0 radical (unpaired) electrons. The Morgan fingerprint density at radius 3 is 2.45 bits per heavy atom. The SMILES string of the molecule is C=C(C)CC/C=C(\CCCl)CS(=O)(=O)c1ccccc1. The van der Waals surface area contributed by atoms with E-state index >= 15 is 0 Å². The van der Waals surface area contributed by atoms with Gasteiger partial charge in [-0.2, -0.15) is 0 Å². The van der Waals surface area contributed by atoms with Gasteiger partial charge in [-0.15, -0.1) is 18.2 Å². The lowest BCUT2D eigenvalue weighted by Crippen LogP contribution is -2.09. The lowest BCUT2D eigenvalue weighted by Gasteiger charge is -2.08. The smallest absolute Gasteiger partial charge is 0.182 e. The zero-order valence-corrected chi connectivity index (χ0v) is 13.4. The maximum absolute atomic E-state index is 12.3. The number of sulfone groups is 1. The van der Waals surface area contributed by atoms with Gasteiger partial charge >= 0.3 is 0 Å². The van der Waals surface area contributed by atoms with Gasteiger partial charge in [0.15, 0.2) is 9.84 Å². The summed E-state index contributed by atoms with van der Waals surface area (Å²) in [7, 11) is -3.28. The predicted molar refractivity (Wildman–Crippen MR) is 86.0 cm³/mol. The second-order valence-electron chi connectivity index (χ2n) is 4.87. The molecule has 0 heterocycles. The van der Waals surface area contributed by atoms with Crippen molar-refractivity contribution in [1.29, 1.82) is 0 Å². The first-order chi connectivity index (χ1) is 9.45. The second kappa shape index (κ2) is 8.28. The van der Waals surface area contributed by atoms with Gasteiger partial charge in [0, 0.05) is 5.88 Å². The Kier molecular flexibility index (Phi) is 7.03. The maximum Gasteiger partial charge on any atom is 0.182 e. The van der Waals surface area contributed by atoms with Crippen molar-refractivity contribution in [1.82, 2.24) is 0 Å². The molecule has 0 spiro atoms. The normalized spacial score (nSPS) is 12.4. The summed E-state index contributed by atoms with van der Waals surface area (Å²) in [5, 5.41) is 0. The van der Waals surface area contributed by atoms with Crippen LogP contribution in [0.1, 0.15) is 26.2 Å². The molecule has 0 bridgehead atoms. The van der Waals surface area contributed by atoms with E-state index in [4.69, 9.17) is 11.6 Å². The molecule has 4 heteroatoms. The van der Waals surface area contributed by atoms with Gasteiger partial charge in [-0.05, 0) is 38.3 Å². The van der Waals surface area contributed by atoms with E-state index in [1.165, 1.54) is 0 Å². The standard InChI is InChI=1S/C16H21ClO2S/c1-14(2)7-6-8-15(11-12-17)13-20(18,19)16-9-4-3-5-10-16/h3-5,8-10H,1,6-7,11-13H2,2H3/b15-8+. The van der Waals surface area contributed by atoms with Crippen molar-refractivity contribution in [2.75, 3.05) is 11.6 Å². The number of hydrogen-bond donors (Lipinski definition) is 0. The predicted octanol–water partition coefficient (Wildman–Crippen LogP) is 4.37. The van der Waals surface area contributed by atoms with Crippen molar-refractivity contribution in [3.8, 4) is 0 Å².